The van der Waals surface area contributed by atoms with Gasteiger partial charge in [-0.25, -0.2) is 13.6 Å². The first kappa shape index (κ1) is 19.3. The lowest BCUT2D eigenvalue weighted by molar-refractivity contribution is -0.143. The van der Waals surface area contributed by atoms with Crippen LogP contribution in [0, 0.1) is 0 Å². The summed E-state index contributed by atoms with van der Waals surface area (Å²) in [6.07, 6.45) is 0. The number of primary sulfonamides is 1. The van der Waals surface area contributed by atoms with E-state index >= 15 is 0 Å². The molecular weight excluding hydrogens is 362 g/mol. The van der Waals surface area contributed by atoms with Crippen LogP contribution >= 0.6 is 11.8 Å². The molecule has 0 amide bonds. The number of hydrogen-bond acceptors (Lipinski definition) is 6. The Morgan fingerprint density at radius 1 is 1.08 bits per heavy atom. The van der Waals surface area contributed by atoms with Crippen LogP contribution in [-0.2, 0) is 19.6 Å². The fourth-order valence-electron chi connectivity index (χ4n) is 1.90. The number of nitrogens with two attached hydrogens (primary N) is 1. The van der Waals surface area contributed by atoms with E-state index < -0.39 is 10.0 Å². The number of carbonyl (C=O) groups is 1. The Morgan fingerprint density at radius 3 is 2.32 bits per heavy atom. The summed E-state index contributed by atoms with van der Waals surface area (Å²) in [5.41, 5.74) is 0. The van der Waals surface area contributed by atoms with Gasteiger partial charge >= 0.3 is 5.97 Å². The van der Waals surface area contributed by atoms with Gasteiger partial charge in [0.15, 0.2) is 0 Å². The Bertz CT molecular complexity index is 792. The number of thioether (sulfide) groups is 1. The summed E-state index contributed by atoms with van der Waals surface area (Å²) in [5.74, 6) is 0.150. The van der Waals surface area contributed by atoms with Crippen molar-refractivity contribution in [1.29, 1.82) is 0 Å². The number of rotatable bonds is 8. The zero-order valence-corrected chi connectivity index (χ0v) is 15.3. The van der Waals surface area contributed by atoms with Crippen LogP contribution in [0.25, 0.3) is 0 Å². The van der Waals surface area contributed by atoms with E-state index in [1.54, 1.807) is 6.92 Å². The van der Waals surface area contributed by atoms with Crippen molar-refractivity contribution in [2.75, 3.05) is 13.2 Å². The van der Waals surface area contributed by atoms with E-state index in [0.29, 0.717) is 5.75 Å². The van der Waals surface area contributed by atoms with Crippen LogP contribution in [0.3, 0.4) is 0 Å². The fourth-order valence-corrected chi connectivity index (χ4v) is 3.30. The molecular formula is C17H19NO5S2. The smallest absolute Gasteiger partial charge is 0.319 e. The van der Waals surface area contributed by atoms with Crippen LogP contribution in [0.4, 0.5) is 0 Å². The minimum Gasteiger partial charge on any atom is -0.490 e. The third-order valence-electron chi connectivity index (χ3n) is 3.14. The highest BCUT2D eigenvalue weighted by Crippen LogP contribution is 2.23. The first-order valence-electron chi connectivity index (χ1n) is 7.50. The summed E-state index contributed by atoms with van der Waals surface area (Å²) in [5, 5.41) is 4.69. The van der Waals surface area contributed by atoms with Crippen LogP contribution in [-0.4, -0.2) is 32.9 Å². The molecule has 0 aliphatic heterocycles. The Labute approximate surface area is 151 Å². The first-order chi connectivity index (χ1) is 11.9. The second-order valence-corrected chi connectivity index (χ2v) is 8.08. The SMILES string of the molecule is CC(Sc1ccccc1)C(=O)OCCOc1ccc(S(N)(=O)=O)cc1. The van der Waals surface area contributed by atoms with E-state index in [1.165, 1.54) is 36.0 Å². The van der Waals surface area contributed by atoms with E-state index in [9.17, 15) is 13.2 Å². The van der Waals surface area contributed by atoms with Crippen LogP contribution < -0.4 is 9.88 Å². The lowest BCUT2D eigenvalue weighted by Crippen LogP contribution is -2.20. The second-order valence-electron chi connectivity index (χ2n) is 5.11. The molecule has 0 fully saturated rings. The lowest BCUT2D eigenvalue weighted by atomic mass is 10.3. The zero-order chi connectivity index (χ0) is 18.3. The van der Waals surface area contributed by atoms with Crippen molar-refractivity contribution >= 4 is 27.8 Å². The molecule has 0 saturated carbocycles. The average molecular weight is 381 g/mol. The van der Waals surface area contributed by atoms with Gasteiger partial charge in [0, 0.05) is 4.90 Å². The molecule has 0 spiro atoms. The molecule has 8 heteroatoms. The van der Waals surface area contributed by atoms with Gasteiger partial charge in [-0.1, -0.05) is 18.2 Å². The molecule has 6 nitrogen and oxygen atoms in total. The van der Waals surface area contributed by atoms with E-state index in [2.05, 4.69) is 0 Å². The molecule has 0 bridgehead atoms. The van der Waals surface area contributed by atoms with Crippen molar-refractivity contribution in [3.05, 3.63) is 54.6 Å². The van der Waals surface area contributed by atoms with Crippen molar-refractivity contribution in [1.82, 2.24) is 0 Å². The van der Waals surface area contributed by atoms with Crippen molar-refractivity contribution in [2.45, 2.75) is 22.0 Å². The Balaban J connectivity index is 1.72. The summed E-state index contributed by atoms with van der Waals surface area (Å²) in [4.78, 5) is 12.9. The van der Waals surface area contributed by atoms with E-state index in [-0.39, 0.29) is 29.3 Å². The highest BCUT2D eigenvalue weighted by atomic mass is 32.2. The second kappa shape index (κ2) is 8.89. The van der Waals surface area contributed by atoms with Gasteiger partial charge in [-0.15, -0.1) is 11.8 Å². The molecule has 2 aromatic rings. The monoisotopic (exact) mass is 381 g/mol. The minimum absolute atomic E-state index is 0.0121. The van der Waals surface area contributed by atoms with Gasteiger partial charge in [-0.05, 0) is 43.3 Å². The number of esters is 1. The van der Waals surface area contributed by atoms with Crippen LogP contribution in [0.2, 0.25) is 0 Å². The molecule has 0 aliphatic rings. The molecule has 0 aromatic heterocycles. The van der Waals surface area contributed by atoms with Gasteiger partial charge in [0.05, 0.1) is 4.90 Å². The molecule has 1 unspecified atom stereocenters. The maximum absolute atomic E-state index is 11.9. The summed E-state index contributed by atoms with van der Waals surface area (Å²) in [6.45, 7) is 2.06. The Morgan fingerprint density at radius 2 is 1.72 bits per heavy atom. The highest BCUT2D eigenvalue weighted by molar-refractivity contribution is 8.00. The predicted molar refractivity (Wildman–Crippen MR) is 96.0 cm³/mol. The van der Waals surface area contributed by atoms with Crippen molar-refractivity contribution in [2.24, 2.45) is 5.14 Å². The van der Waals surface area contributed by atoms with Gasteiger partial charge in [0.2, 0.25) is 10.0 Å². The van der Waals surface area contributed by atoms with Crippen molar-refractivity contribution < 1.29 is 22.7 Å². The van der Waals surface area contributed by atoms with Crippen molar-refractivity contribution in [3.8, 4) is 5.75 Å². The number of benzene rings is 2. The third kappa shape index (κ3) is 6.41. The molecule has 134 valence electrons. The standard InChI is InChI=1S/C17H19NO5S2/c1-13(24-15-5-3-2-4-6-15)17(19)23-12-11-22-14-7-9-16(10-8-14)25(18,20)21/h2-10,13H,11-12H2,1H3,(H2,18,20,21). The maximum atomic E-state index is 11.9. The molecule has 25 heavy (non-hydrogen) atoms. The van der Waals surface area contributed by atoms with Crippen molar-refractivity contribution in [3.63, 3.8) is 0 Å². The molecule has 0 radical (unpaired) electrons. The molecule has 2 aromatic carbocycles. The summed E-state index contributed by atoms with van der Waals surface area (Å²) in [7, 11) is -3.72. The van der Waals surface area contributed by atoms with E-state index in [0.717, 1.165) is 4.90 Å². The third-order valence-corrected chi connectivity index (χ3v) is 5.16. The number of carbonyl (C=O) groups excluding carboxylic acids is 1. The highest BCUT2D eigenvalue weighted by Gasteiger charge is 2.15. The lowest BCUT2D eigenvalue weighted by Gasteiger charge is -2.12. The first-order valence-corrected chi connectivity index (χ1v) is 9.93. The number of sulfonamides is 1. The minimum atomic E-state index is -3.72. The maximum Gasteiger partial charge on any atom is 0.319 e. The summed E-state index contributed by atoms with van der Waals surface area (Å²) >= 11 is 1.43. The largest absolute Gasteiger partial charge is 0.490 e. The molecule has 1 atom stereocenters. The van der Waals surface area contributed by atoms with Crippen LogP contribution in [0.5, 0.6) is 5.75 Å². The molecule has 0 aliphatic carbocycles. The molecule has 0 saturated heterocycles. The van der Waals surface area contributed by atoms with E-state index in [1.807, 2.05) is 30.3 Å². The Kier molecular flexibility index (Phi) is 6.86. The van der Waals surface area contributed by atoms with Crippen LogP contribution in [0.15, 0.2) is 64.4 Å². The molecule has 2 N–H and O–H groups in total. The number of hydrogen-bond donors (Lipinski definition) is 1. The predicted octanol–water partition coefficient (Wildman–Crippen LogP) is 2.44. The van der Waals surface area contributed by atoms with Gasteiger partial charge in [-0.3, -0.25) is 4.79 Å². The fraction of sp³-hybridized carbons (Fsp3) is 0.235. The molecule has 2 rings (SSSR count). The topological polar surface area (TPSA) is 95.7 Å². The summed E-state index contributed by atoms with van der Waals surface area (Å²) < 4.78 is 32.9. The zero-order valence-electron chi connectivity index (χ0n) is 13.6. The van der Waals surface area contributed by atoms with Gasteiger partial charge in [0.1, 0.15) is 24.2 Å². The van der Waals surface area contributed by atoms with Crippen LogP contribution in [0.1, 0.15) is 6.92 Å². The normalized spacial score (nSPS) is 12.4. The van der Waals surface area contributed by atoms with Gasteiger partial charge in [-0.2, -0.15) is 0 Å². The quantitative estimate of drug-likeness (QED) is 0.429. The van der Waals surface area contributed by atoms with Gasteiger partial charge < -0.3 is 9.47 Å². The van der Waals surface area contributed by atoms with Gasteiger partial charge in [0.25, 0.3) is 0 Å². The summed E-state index contributed by atoms with van der Waals surface area (Å²) in [6, 6.07) is 15.3. The number of ether oxygens (including phenoxy) is 2. The molecule has 0 heterocycles. The average Bonchev–Trinajstić information content (AvgIpc) is 2.59. The Hall–Kier alpha value is -2.03. The van der Waals surface area contributed by atoms with E-state index in [4.69, 9.17) is 14.6 Å².